The van der Waals surface area contributed by atoms with E-state index in [1.165, 1.54) is 0 Å². The molecule has 1 saturated carbocycles. The predicted octanol–water partition coefficient (Wildman–Crippen LogP) is 2.33. The van der Waals surface area contributed by atoms with E-state index in [2.05, 4.69) is 25.7 Å². The Kier molecular flexibility index (Phi) is 5.57. The average molecular weight is 410 g/mol. The van der Waals surface area contributed by atoms with Gasteiger partial charge in [-0.25, -0.2) is 19.0 Å². The first-order valence-electron chi connectivity index (χ1n) is 9.77. The second-order valence-corrected chi connectivity index (χ2v) is 7.26. The lowest BCUT2D eigenvalue weighted by atomic mass is 9.91. The molecule has 156 valence electrons. The highest BCUT2D eigenvalue weighted by atomic mass is 19.1. The number of nitrogens with two attached hydrogens (primary N) is 2. The van der Waals surface area contributed by atoms with E-state index >= 15 is 0 Å². The summed E-state index contributed by atoms with van der Waals surface area (Å²) in [6.07, 6.45) is 8.77. The second-order valence-electron chi connectivity index (χ2n) is 7.26. The summed E-state index contributed by atoms with van der Waals surface area (Å²) in [6.45, 7) is 0. The molecule has 1 amide bonds. The molecule has 30 heavy (non-hydrogen) atoms. The molecule has 10 heteroatoms. The molecule has 3 heterocycles. The van der Waals surface area contributed by atoms with Gasteiger partial charge >= 0.3 is 0 Å². The molecule has 0 aromatic carbocycles. The quantitative estimate of drug-likeness (QED) is 0.489. The van der Waals surface area contributed by atoms with Gasteiger partial charge in [0.25, 0.3) is 5.91 Å². The Morgan fingerprint density at radius 3 is 2.77 bits per heavy atom. The van der Waals surface area contributed by atoms with Crippen LogP contribution in [0.25, 0.3) is 5.82 Å². The molecule has 0 saturated heterocycles. The van der Waals surface area contributed by atoms with E-state index in [-0.39, 0.29) is 29.3 Å². The van der Waals surface area contributed by atoms with Gasteiger partial charge in [-0.3, -0.25) is 4.79 Å². The van der Waals surface area contributed by atoms with Gasteiger partial charge < -0.3 is 22.1 Å². The van der Waals surface area contributed by atoms with Gasteiger partial charge in [0, 0.05) is 42.4 Å². The summed E-state index contributed by atoms with van der Waals surface area (Å²) in [4.78, 5) is 20.5. The maximum Gasteiger partial charge on any atom is 0.252 e. The Hall–Kier alpha value is -3.53. The van der Waals surface area contributed by atoms with Gasteiger partial charge in [0.15, 0.2) is 17.5 Å². The Balaban J connectivity index is 1.64. The fourth-order valence-corrected chi connectivity index (χ4v) is 3.55. The zero-order valence-electron chi connectivity index (χ0n) is 16.3. The fraction of sp³-hybridized carbons (Fsp3) is 0.300. The number of primary amides is 1. The Labute approximate surface area is 172 Å². The van der Waals surface area contributed by atoms with E-state index in [0.29, 0.717) is 11.5 Å². The van der Waals surface area contributed by atoms with Crippen molar-refractivity contribution in [2.45, 2.75) is 37.8 Å². The third kappa shape index (κ3) is 4.23. The SMILES string of the molecule is NC(=O)c1cc(F)c(N[C@H]2CCCC[C@H]2N)nc1Nc1ccnc(-n2cccn2)c1. The van der Waals surface area contributed by atoms with Gasteiger partial charge in [0.2, 0.25) is 0 Å². The maximum absolute atomic E-state index is 14.6. The van der Waals surface area contributed by atoms with Crippen molar-refractivity contribution >= 4 is 23.2 Å². The number of rotatable bonds is 6. The molecule has 1 aliphatic rings. The molecular formula is C20H23FN8O. The van der Waals surface area contributed by atoms with Gasteiger partial charge in [-0.05, 0) is 31.0 Å². The summed E-state index contributed by atoms with van der Waals surface area (Å²) < 4.78 is 16.2. The third-order valence-electron chi connectivity index (χ3n) is 5.13. The zero-order chi connectivity index (χ0) is 21.1. The van der Waals surface area contributed by atoms with Crippen molar-refractivity contribution in [1.82, 2.24) is 19.7 Å². The first-order valence-corrected chi connectivity index (χ1v) is 9.77. The van der Waals surface area contributed by atoms with E-state index in [0.717, 1.165) is 31.7 Å². The summed E-state index contributed by atoms with van der Waals surface area (Å²) in [5.41, 5.74) is 12.2. The Morgan fingerprint density at radius 1 is 1.20 bits per heavy atom. The van der Waals surface area contributed by atoms with Crippen LogP contribution in [0.3, 0.4) is 0 Å². The molecule has 1 aliphatic carbocycles. The van der Waals surface area contributed by atoms with Crippen LogP contribution in [0, 0.1) is 5.82 Å². The van der Waals surface area contributed by atoms with Gasteiger partial charge in [-0.1, -0.05) is 12.8 Å². The summed E-state index contributed by atoms with van der Waals surface area (Å²) in [5.74, 6) is -0.691. The van der Waals surface area contributed by atoms with Crippen molar-refractivity contribution in [3.8, 4) is 5.82 Å². The lowest BCUT2D eigenvalue weighted by Crippen LogP contribution is -2.43. The zero-order valence-corrected chi connectivity index (χ0v) is 16.3. The molecule has 0 aliphatic heterocycles. The average Bonchev–Trinajstić information content (AvgIpc) is 3.27. The maximum atomic E-state index is 14.6. The molecule has 2 atom stereocenters. The molecule has 0 unspecified atom stereocenters. The highest BCUT2D eigenvalue weighted by Crippen LogP contribution is 2.27. The highest BCUT2D eigenvalue weighted by Gasteiger charge is 2.24. The first kappa shape index (κ1) is 19.8. The number of nitrogens with zero attached hydrogens (tertiary/aromatic N) is 4. The minimum atomic E-state index is -0.786. The number of hydrogen-bond acceptors (Lipinski definition) is 7. The van der Waals surface area contributed by atoms with Crippen molar-refractivity contribution in [2.24, 2.45) is 11.5 Å². The molecule has 6 N–H and O–H groups in total. The highest BCUT2D eigenvalue weighted by molar-refractivity contribution is 5.98. The topological polar surface area (TPSA) is 137 Å². The molecular weight excluding hydrogens is 387 g/mol. The van der Waals surface area contributed by atoms with E-state index in [4.69, 9.17) is 11.5 Å². The first-order chi connectivity index (χ1) is 14.5. The van der Waals surface area contributed by atoms with Crippen LogP contribution in [-0.2, 0) is 0 Å². The molecule has 4 rings (SSSR count). The second kappa shape index (κ2) is 8.46. The van der Waals surface area contributed by atoms with Crippen molar-refractivity contribution in [3.63, 3.8) is 0 Å². The Morgan fingerprint density at radius 2 is 2.03 bits per heavy atom. The van der Waals surface area contributed by atoms with Crippen LogP contribution in [0.15, 0.2) is 42.9 Å². The van der Waals surface area contributed by atoms with Crippen LogP contribution in [0.4, 0.5) is 21.7 Å². The van der Waals surface area contributed by atoms with Crippen LogP contribution < -0.4 is 22.1 Å². The summed E-state index contributed by atoms with van der Waals surface area (Å²) in [7, 11) is 0. The largest absolute Gasteiger partial charge is 0.365 e. The minimum Gasteiger partial charge on any atom is -0.365 e. The van der Waals surface area contributed by atoms with E-state index in [9.17, 15) is 9.18 Å². The van der Waals surface area contributed by atoms with Crippen LogP contribution >= 0.6 is 0 Å². The molecule has 3 aromatic heterocycles. The number of halogens is 1. The monoisotopic (exact) mass is 410 g/mol. The van der Waals surface area contributed by atoms with E-state index in [1.807, 2.05) is 0 Å². The molecule has 3 aromatic rings. The molecule has 0 radical (unpaired) electrons. The molecule has 9 nitrogen and oxygen atoms in total. The molecule has 0 spiro atoms. The number of hydrogen-bond donors (Lipinski definition) is 4. The van der Waals surface area contributed by atoms with Crippen molar-refractivity contribution in [1.29, 1.82) is 0 Å². The van der Waals surface area contributed by atoms with Crippen LogP contribution in [-0.4, -0.2) is 37.7 Å². The third-order valence-corrected chi connectivity index (χ3v) is 5.13. The van der Waals surface area contributed by atoms with Crippen molar-refractivity contribution in [3.05, 3.63) is 54.2 Å². The summed E-state index contributed by atoms with van der Waals surface area (Å²) >= 11 is 0. The normalized spacial score (nSPS) is 18.7. The van der Waals surface area contributed by atoms with Crippen molar-refractivity contribution < 1.29 is 9.18 Å². The van der Waals surface area contributed by atoms with E-state index in [1.54, 1.807) is 41.5 Å². The van der Waals surface area contributed by atoms with Crippen LogP contribution in [0.2, 0.25) is 0 Å². The number of amides is 1. The molecule has 0 bridgehead atoms. The number of pyridine rings is 2. The molecule has 1 fully saturated rings. The number of nitrogens with one attached hydrogen (secondary N) is 2. The lowest BCUT2D eigenvalue weighted by molar-refractivity contribution is 0.100. The number of carbonyl (C=O) groups excluding carboxylic acids is 1. The lowest BCUT2D eigenvalue weighted by Gasteiger charge is -2.30. The van der Waals surface area contributed by atoms with Gasteiger partial charge in [-0.2, -0.15) is 5.10 Å². The standard InChI is InChI=1S/C20H23FN8O/c21-14-11-13(18(23)30)19(28-20(14)27-16-5-2-1-4-15(16)22)26-12-6-8-24-17(10-12)29-9-3-7-25-29/h3,6-11,15-16H,1-2,4-5,22H2,(H2,23,30)(H2,24,26,27,28)/t15-,16+/m1/s1. The smallest absolute Gasteiger partial charge is 0.252 e. The van der Waals surface area contributed by atoms with Gasteiger partial charge in [0.05, 0.1) is 5.56 Å². The summed E-state index contributed by atoms with van der Waals surface area (Å²) in [5, 5.41) is 10.3. The van der Waals surface area contributed by atoms with Crippen LogP contribution in [0.1, 0.15) is 36.0 Å². The van der Waals surface area contributed by atoms with Crippen LogP contribution in [0.5, 0.6) is 0 Å². The fourth-order valence-electron chi connectivity index (χ4n) is 3.55. The Bertz CT molecular complexity index is 1040. The number of aromatic nitrogens is 4. The number of anilines is 3. The minimum absolute atomic E-state index is 0.0335. The van der Waals surface area contributed by atoms with Crippen molar-refractivity contribution in [2.75, 3.05) is 10.6 Å². The van der Waals surface area contributed by atoms with E-state index < -0.39 is 11.7 Å². The van der Waals surface area contributed by atoms with Gasteiger partial charge in [-0.15, -0.1) is 0 Å². The predicted molar refractivity (Wildman–Crippen MR) is 111 cm³/mol. The van der Waals surface area contributed by atoms with Gasteiger partial charge in [0.1, 0.15) is 5.82 Å². The number of carbonyl (C=O) groups is 1. The summed E-state index contributed by atoms with van der Waals surface area (Å²) in [6, 6.07) is 6.14.